The largest absolute Gasteiger partial charge is 0.364 e. The minimum atomic E-state index is 0.801. The van der Waals surface area contributed by atoms with Crippen LogP contribution < -0.4 is 5.32 Å². The van der Waals surface area contributed by atoms with Crippen LogP contribution in [-0.4, -0.2) is 54.1 Å². The van der Waals surface area contributed by atoms with E-state index in [1.807, 2.05) is 13.1 Å². The second-order valence-corrected chi connectivity index (χ2v) is 7.32. The second kappa shape index (κ2) is 7.88. The summed E-state index contributed by atoms with van der Waals surface area (Å²) in [5, 5.41) is 11.1. The van der Waals surface area contributed by atoms with Crippen LogP contribution in [0.4, 0.5) is 0 Å². The molecule has 3 aromatic rings. The van der Waals surface area contributed by atoms with Crippen molar-refractivity contribution in [2.24, 2.45) is 4.99 Å². The predicted octanol–water partition coefficient (Wildman–Crippen LogP) is 2.78. The molecule has 0 atom stereocenters. The maximum absolute atomic E-state index is 4.92. The van der Waals surface area contributed by atoms with E-state index < -0.39 is 0 Å². The summed E-state index contributed by atoms with van der Waals surface area (Å²) in [6.07, 6.45) is 1.63. The lowest BCUT2D eigenvalue weighted by molar-refractivity contribution is 0.169. The van der Waals surface area contributed by atoms with Gasteiger partial charge in [0.2, 0.25) is 0 Å². The summed E-state index contributed by atoms with van der Waals surface area (Å²) in [7, 11) is 1.86. The fourth-order valence-corrected chi connectivity index (χ4v) is 4.30. The van der Waals surface area contributed by atoms with Gasteiger partial charge in [-0.15, -0.1) is 11.3 Å². The zero-order valence-electron chi connectivity index (χ0n) is 14.9. The van der Waals surface area contributed by atoms with Gasteiger partial charge in [-0.25, -0.2) is 0 Å². The third-order valence-corrected chi connectivity index (χ3v) is 5.77. The Morgan fingerprint density at radius 1 is 1.23 bits per heavy atom. The van der Waals surface area contributed by atoms with E-state index in [1.54, 1.807) is 17.6 Å². The number of rotatable bonds is 4. The van der Waals surface area contributed by atoms with Crippen molar-refractivity contribution in [3.63, 3.8) is 0 Å². The van der Waals surface area contributed by atoms with Gasteiger partial charge in [-0.3, -0.25) is 9.89 Å². The number of thiophene rings is 1. The molecule has 0 bridgehead atoms. The highest BCUT2D eigenvalue weighted by atomic mass is 32.1. The van der Waals surface area contributed by atoms with Crippen molar-refractivity contribution in [2.75, 3.05) is 33.2 Å². The zero-order chi connectivity index (χ0) is 17.8. The van der Waals surface area contributed by atoms with E-state index in [2.05, 4.69) is 54.9 Å². The van der Waals surface area contributed by atoms with Crippen molar-refractivity contribution in [1.29, 1.82) is 0 Å². The van der Waals surface area contributed by atoms with E-state index in [0.717, 1.165) is 50.9 Å². The molecule has 3 heterocycles. The summed E-state index contributed by atoms with van der Waals surface area (Å²) in [5.41, 5.74) is 2.32. The van der Waals surface area contributed by atoms with Crippen molar-refractivity contribution in [2.45, 2.75) is 13.1 Å². The molecule has 1 saturated heterocycles. The highest BCUT2D eigenvalue weighted by Crippen LogP contribution is 2.25. The molecule has 4 rings (SSSR count). The lowest BCUT2D eigenvalue weighted by Crippen LogP contribution is -2.52. The van der Waals surface area contributed by atoms with E-state index in [9.17, 15) is 0 Å². The fraction of sp³-hybridized carbons (Fsp3) is 0.368. The third-order valence-electron chi connectivity index (χ3n) is 4.76. The lowest BCUT2D eigenvalue weighted by atomic mass is 10.2. The Morgan fingerprint density at radius 2 is 2.08 bits per heavy atom. The number of fused-ring (bicyclic) bond motifs is 1. The summed E-state index contributed by atoms with van der Waals surface area (Å²) in [4.78, 5) is 9.21. The summed E-state index contributed by atoms with van der Waals surface area (Å²) < 4.78 is 6.25. The van der Waals surface area contributed by atoms with E-state index >= 15 is 0 Å². The molecular formula is C19H23N5OS. The van der Waals surface area contributed by atoms with Crippen LogP contribution in [0.15, 0.2) is 51.5 Å². The molecule has 0 amide bonds. The molecule has 7 heteroatoms. The number of nitrogens with one attached hydrogen (secondary N) is 1. The van der Waals surface area contributed by atoms with Crippen molar-refractivity contribution in [3.8, 4) is 0 Å². The Labute approximate surface area is 157 Å². The predicted molar refractivity (Wildman–Crippen MR) is 105 cm³/mol. The van der Waals surface area contributed by atoms with Crippen LogP contribution in [0.5, 0.6) is 0 Å². The first-order valence-electron chi connectivity index (χ1n) is 8.86. The molecule has 2 aromatic heterocycles. The zero-order valence-corrected chi connectivity index (χ0v) is 15.7. The lowest BCUT2D eigenvalue weighted by Gasteiger charge is -2.36. The summed E-state index contributed by atoms with van der Waals surface area (Å²) in [5.74, 6) is 0.973. The normalized spacial score (nSPS) is 16.3. The number of guanidine groups is 1. The molecular weight excluding hydrogens is 346 g/mol. The quantitative estimate of drug-likeness (QED) is 0.566. The minimum Gasteiger partial charge on any atom is -0.364 e. The molecule has 0 saturated carbocycles. The molecule has 0 spiro atoms. The van der Waals surface area contributed by atoms with Gasteiger partial charge in [0, 0.05) is 57.1 Å². The van der Waals surface area contributed by atoms with Gasteiger partial charge in [-0.05, 0) is 22.4 Å². The van der Waals surface area contributed by atoms with Gasteiger partial charge < -0.3 is 14.7 Å². The van der Waals surface area contributed by atoms with Gasteiger partial charge in [0.25, 0.3) is 0 Å². The average molecular weight is 369 g/mol. The number of nitrogens with zero attached hydrogens (tertiary/aromatic N) is 4. The number of aliphatic imine (C=N–C) groups is 1. The van der Waals surface area contributed by atoms with Gasteiger partial charge in [-0.1, -0.05) is 23.4 Å². The van der Waals surface area contributed by atoms with Crippen LogP contribution in [0.25, 0.3) is 10.1 Å². The molecule has 1 N–H and O–H groups in total. The van der Waals surface area contributed by atoms with E-state index in [-0.39, 0.29) is 0 Å². The monoisotopic (exact) mass is 369 g/mol. The maximum Gasteiger partial charge on any atom is 0.194 e. The maximum atomic E-state index is 4.92. The first kappa shape index (κ1) is 17.1. The van der Waals surface area contributed by atoms with Crippen LogP contribution in [0.2, 0.25) is 0 Å². The number of benzene rings is 1. The van der Waals surface area contributed by atoms with Crippen molar-refractivity contribution in [3.05, 3.63) is 53.2 Å². The SMILES string of the molecule is CN=C(NCc1csc2ccccc12)N1CCN(Cc2ccon2)CC1. The third kappa shape index (κ3) is 3.73. The van der Waals surface area contributed by atoms with Gasteiger partial charge in [0.15, 0.2) is 5.96 Å². The van der Waals surface area contributed by atoms with E-state index in [4.69, 9.17) is 4.52 Å². The fourth-order valence-electron chi connectivity index (χ4n) is 3.34. The number of aromatic nitrogens is 1. The van der Waals surface area contributed by atoms with Crippen LogP contribution in [0, 0.1) is 0 Å². The number of piperazine rings is 1. The highest BCUT2D eigenvalue weighted by Gasteiger charge is 2.20. The molecule has 0 aliphatic carbocycles. The molecule has 6 nitrogen and oxygen atoms in total. The molecule has 1 fully saturated rings. The first-order chi connectivity index (χ1) is 12.8. The van der Waals surface area contributed by atoms with Crippen molar-refractivity contribution in [1.82, 2.24) is 20.3 Å². The number of hydrogen-bond donors (Lipinski definition) is 1. The van der Waals surface area contributed by atoms with Gasteiger partial charge in [0.05, 0.1) is 5.69 Å². The Morgan fingerprint density at radius 3 is 2.85 bits per heavy atom. The summed E-state index contributed by atoms with van der Waals surface area (Å²) in [6.45, 7) is 5.56. The molecule has 136 valence electrons. The van der Waals surface area contributed by atoms with Crippen LogP contribution >= 0.6 is 11.3 Å². The van der Waals surface area contributed by atoms with Gasteiger partial charge >= 0.3 is 0 Å². The molecule has 1 aliphatic rings. The van der Waals surface area contributed by atoms with Crippen molar-refractivity contribution >= 4 is 27.4 Å². The molecule has 0 radical (unpaired) electrons. The number of hydrogen-bond acceptors (Lipinski definition) is 5. The minimum absolute atomic E-state index is 0.801. The van der Waals surface area contributed by atoms with Crippen molar-refractivity contribution < 1.29 is 4.52 Å². The smallest absolute Gasteiger partial charge is 0.194 e. The van der Waals surface area contributed by atoms with Gasteiger partial charge in [0.1, 0.15) is 6.26 Å². The second-order valence-electron chi connectivity index (χ2n) is 6.41. The molecule has 1 aliphatic heterocycles. The van der Waals surface area contributed by atoms with Gasteiger partial charge in [-0.2, -0.15) is 0 Å². The summed E-state index contributed by atoms with van der Waals surface area (Å²) >= 11 is 1.80. The summed E-state index contributed by atoms with van der Waals surface area (Å²) in [6, 6.07) is 10.5. The topological polar surface area (TPSA) is 56.9 Å². The molecule has 1 aromatic carbocycles. The Bertz CT molecular complexity index is 865. The van der Waals surface area contributed by atoms with E-state index in [0.29, 0.717) is 0 Å². The average Bonchev–Trinajstić information content (AvgIpc) is 3.33. The van der Waals surface area contributed by atoms with E-state index in [1.165, 1.54) is 15.6 Å². The van der Waals surface area contributed by atoms with Crippen LogP contribution in [0.1, 0.15) is 11.3 Å². The Kier molecular flexibility index (Phi) is 5.17. The molecule has 0 unspecified atom stereocenters. The Balaban J connectivity index is 1.32. The highest BCUT2D eigenvalue weighted by molar-refractivity contribution is 7.17. The van der Waals surface area contributed by atoms with Crippen LogP contribution in [-0.2, 0) is 13.1 Å². The standard InChI is InChI=1S/C19H23N5OS/c1-20-19(21-12-15-14-26-18-5-3-2-4-17(15)18)24-9-7-23(8-10-24)13-16-6-11-25-22-16/h2-6,11,14H,7-10,12-13H2,1H3,(H,20,21). The first-order valence-corrected chi connectivity index (χ1v) is 9.74. The molecule has 26 heavy (non-hydrogen) atoms. The Hall–Kier alpha value is -2.38. The van der Waals surface area contributed by atoms with Crippen LogP contribution in [0.3, 0.4) is 0 Å².